The molecule has 4 aromatic carbocycles. The predicted molar refractivity (Wildman–Crippen MR) is 113 cm³/mol. The highest BCUT2D eigenvalue weighted by Gasteiger charge is 2.38. The van der Waals surface area contributed by atoms with Crippen molar-refractivity contribution in [3.63, 3.8) is 0 Å². The van der Waals surface area contributed by atoms with Crippen molar-refractivity contribution in [1.29, 1.82) is 0 Å². The molecule has 0 unspecified atom stereocenters. The standard InChI is InChI=1S/C25H18N2/c1-3-11-19(12-4-1)26-17-27(20-13-5-2-6-14-20)25-22-16-8-10-18-9-7-15-21(23(18)22)24(25)26/h1-16H,17H2. The number of hydrogen-bond donors (Lipinski definition) is 0. The van der Waals surface area contributed by atoms with Crippen LogP contribution in [0.4, 0.5) is 11.4 Å². The molecule has 6 rings (SSSR count). The summed E-state index contributed by atoms with van der Waals surface area (Å²) in [4.78, 5) is 4.88. The van der Waals surface area contributed by atoms with Gasteiger partial charge < -0.3 is 9.80 Å². The second-order valence-corrected chi connectivity index (χ2v) is 7.08. The normalized spacial score (nSPS) is 15.0. The van der Waals surface area contributed by atoms with Crippen molar-refractivity contribution in [2.24, 2.45) is 0 Å². The van der Waals surface area contributed by atoms with E-state index >= 15 is 0 Å². The fraction of sp³-hybridized carbons (Fsp3) is 0.0400. The Kier molecular flexibility index (Phi) is 2.97. The van der Waals surface area contributed by atoms with Crippen LogP contribution in [0.2, 0.25) is 0 Å². The van der Waals surface area contributed by atoms with Gasteiger partial charge in [0.15, 0.2) is 0 Å². The molecule has 0 saturated carbocycles. The van der Waals surface area contributed by atoms with E-state index in [9.17, 15) is 0 Å². The summed E-state index contributed by atoms with van der Waals surface area (Å²) in [6.07, 6.45) is 0. The smallest absolute Gasteiger partial charge is 0.100 e. The fourth-order valence-corrected chi connectivity index (χ4v) is 4.46. The van der Waals surface area contributed by atoms with Gasteiger partial charge in [-0.25, -0.2) is 0 Å². The Morgan fingerprint density at radius 1 is 0.481 bits per heavy atom. The minimum absolute atomic E-state index is 0.823. The van der Waals surface area contributed by atoms with E-state index in [0.717, 1.165) is 6.67 Å². The van der Waals surface area contributed by atoms with Crippen molar-refractivity contribution < 1.29 is 0 Å². The first kappa shape index (κ1) is 14.6. The number of fused-ring (bicyclic) bond motifs is 2. The summed E-state index contributed by atoms with van der Waals surface area (Å²) in [7, 11) is 0. The van der Waals surface area contributed by atoms with Crippen LogP contribution < -0.4 is 9.80 Å². The van der Waals surface area contributed by atoms with Crippen LogP contribution >= 0.6 is 0 Å². The lowest BCUT2D eigenvalue weighted by Crippen LogP contribution is -2.28. The second kappa shape index (κ2) is 5.49. The molecule has 0 N–H and O–H groups in total. The first-order valence-electron chi connectivity index (χ1n) is 9.34. The maximum Gasteiger partial charge on any atom is 0.100 e. The summed E-state index contributed by atoms with van der Waals surface area (Å²) < 4.78 is 0. The van der Waals surface area contributed by atoms with Gasteiger partial charge in [0, 0.05) is 27.9 Å². The van der Waals surface area contributed by atoms with Crippen LogP contribution in [0.25, 0.3) is 22.2 Å². The Balaban J connectivity index is 1.64. The van der Waals surface area contributed by atoms with Gasteiger partial charge >= 0.3 is 0 Å². The van der Waals surface area contributed by atoms with E-state index in [2.05, 4.69) is 107 Å². The number of para-hydroxylation sites is 2. The van der Waals surface area contributed by atoms with Gasteiger partial charge in [0.25, 0.3) is 0 Å². The Bertz CT molecular complexity index is 1100. The highest BCUT2D eigenvalue weighted by Crippen LogP contribution is 2.50. The van der Waals surface area contributed by atoms with Gasteiger partial charge in [-0.3, -0.25) is 0 Å². The quantitative estimate of drug-likeness (QED) is 0.442. The molecule has 0 radical (unpaired) electrons. The lowest BCUT2D eigenvalue weighted by molar-refractivity contribution is 0.986. The first-order chi connectivity index (χ1) is 13.4. The highest BCUT2D eigenvalue weighted by atomic mass is 15.4. The van der Waals surface area contributed by atoms with E-state index in [-0.39, 0.29) is 0 Å². The molecule has 0 spiro atoms. The largest absolute Gasteiger partial charge is 0.320 e. The molecule has 0 bridgehead atoms. The van der Waals surface area contributed by atoms with E-state index in [1.165, 1.54) is 44.7 Å². The van der Waals surface area contributed by atoms with E-state index in [0.29, 0.717) is 0 Å². The number of nitrogens with zero attached hydrogens (tertiary/aromatic N) is 2. The van der Waals surface area contributed by atoms with Crippen LogP contribution in [0.3, 0.4) is 0 Å². The maximum atomic E-state index is 2.44. The van der Waals surface area contributed by atoms with Crippen molar-refractivity contribution in [2.45, 2.75) is 0 Å². The summed E-state index contributed by atoms with van der Waals surface area (Å²) in [5.74, 6) is 0. The number of benzene rings is 4. The molecule has 1 aliphatic heterocycles. The summed E-state index contributed by atoms with van der Waals surface area (Å²) >= 11 is 0. The van der Waals surface area contributed by atoms with Gasteiger partial charge in [-0.05, 0) is 29.7 Å². The van der Waals surface area contributed by atoms with Crippen LogP contribution in [0, 0.1) is 0 Å². The Hall–Kier alpha value is -3.52. The summed E-state index contributed by atoms with van der Waals surface area (Å²) in [6.45, 7) is 0.823. The Morgan fingerprint density at radius 2 is 0.963 bits per heavy atom. The molecule has 1 heterocycles. The minimum Gasteiger partial charge on any atom is -0.320 e. The summed E-state index contributed by atoms with van der Waals surface area (Å²) in [6, 6.07) is 34.7. The van der Waals surface area contributed by atoms with Crippen LogP contribution in [0.15, 0.2) is 97.1 Å². The monoisotopic (exact) mass is 346 g/mol. The fourth-order valence-electron chi connectivity index (χ4n) is 4.46. The Morgan fingerprint density at radius 3 is 1.44 bits per heavy atom. The van der Waals surface area contributed by atoms with Crippen LogP contribution in [-0.2, 0) is 0 Å². The molecule has 2 nitrogen and oxygen atoms in total. The molecule has 2 heteroatoms. The van der Waals surface area contributed by atoms with Crippen LogP contribution in [0.1, 0.15) is 11.1 Å². The van der Waals surface area contributed by atoms with E-state index < -0.39 is 0 Å². The zero-order chi connectivity index (χ0) is 17.8. The molecule has 0 amide bonds. The molecular formula is C25H18N2. The average Bonchev–Trinajstić information content (AvgIpc) is 3.28. The van der Waals surface area contributed by atoms with Gasteiger partial charge in [-0.1, -0.05) is 72.8 Å². The molecule has 0 fully saturated rings. The lowest BCUT2D eigenvalue weighted by Gasteiger charge is -2.26. The number of anilines is 2. The van der Waals surface area contributed by atoms with E-state index in [1.54, 1.807) is 0 Å². The number of hydrogen-bond acceptors (Lipinski definition) is 2. The van der Waals surface area contributed by atoms with Gasteiger partial charge in [-0.2, -0.15) is 0 Å². The van der Waals surface area contributed by atoms with Crippen LogP contribution in [-0.4, -0.2) is 6.67 Å². The minimum atomic E-state index is 0.823. The van der Waals surface area contributed by atoms with E-state index in [4.69, 9.17) is 0 Å². The molecule has 2 aliphatic rings. The first-order valence-corrected chi connectivity index (χ1v) is 9.34. The molecule has 1 aliphatic carbocycles. The molecule has 0 atom stereocenters. The van der Waals surface area contributed by atoms with Gasteiger partial charge in [-0.15, -0.1) is 0 Å². The zero-order valence-electron chi connectivity index (χ0n) is 14.8. The molecule has 27 heavy (non-hydrogen) atoms. The Labute approximate surface area is 158 Å². The molecule has 4 aromatic rings. The molecular weight excluding hydrogens is 328 g/mol. The predicted octanol–water partition coefficient (Wildman–Crippen LogP) is 5.96. The van der Waals surface area contributed by atoms with Crippen molar-refractivity contribution in [3.05, 3.63) is 108 Å². The third-order valence-electron chi connectivity index (χ3n) is 5.60. The number of rotatable bonds is 2. The topological polar surface area (TPSA) is 6.48 Å². The summed E-state index contributed by atoms with van der Waals surface area (Å²) in [5.41, 5.74) is 7.76. The van der Waals surface area contributed by atoms with Gasteiger partial charge in [0.2, 0.25) is 0 Å². The second-order valence-electron chi connectivity index (χ2n) is 7.08. The van der Waals surface area contributed by atoms with Crippen molar-refractivity contribution >= 4 is 33.5 Å². The summed E-state index contributed by atoms with van der Waals surface area (Å²) in [5, 5.41) is 2.67. The highest BCUT2D eigenvalue weighted by molar-refractivity contribution is 6.20. The van der Waals surface area contributed by atoms with Gasteiger partial charge in [0.05, 0.1) is 11.4 Å². The third kappa shape index (κ3) is 2.01. The third-order valence-corrected chi connectivity index (χ3v) is 5.60. The maximum absolute atomic E-state index is 2.44. The molecule has 128 valence electrons. The van der Waals surface area contributed by atoms with Crippen molar-refractivity contribution in [2.75, 3.05) is 16.5 Å². The molecule has 0 saturated heterocycles. The lowest BCUT2D eigenvalue weighted by atomic mass is 10.0. The van der Waals surface area contributed by atoms with Crippen LogP contribution in [0.5, 0.6) is 0 Å². The van der Waals surface area contributed by atoms with E-state index in [1.807, 2.05) is 0 Å². The van der Waals surface area contributed by atoms with Gasteiger partial charge in [0.1, 0.15) is 6.67 Å². The average molecular weight is 346 g/mol. The molecule has 0 aromatic heterocycles. The van der Waals surface area contributed by atoms with Crippen molar-refractivity contribution in [1.82, 2.24) is 0 Å². The zero-order valence-corrected chi connectivity index (χ0v) is 14.8. The van der Waals surface area contributed by atoms with Crippen molar-refractivity contribution in [3.8, 4) is 0 Å². The SMILES string of the molecule is c1ccc(N2CN(c3ccccc3)C3=C2c2cccc4cccc3c24)cc1.